The van der Waals surface area contributed by atoms with Gasteiger partial charge in [-0.25, -0.2) is 0 Å². The summed E-state index contributed by atoms with van der Waals surface area (Å²) in [4.78, 5) is 0. The van der Waals surface area contributed by atoms with Gasteiger partial charge in [0.1, 0.15) is 0 Å². The first-order valence-corrected chi connectivity index (χ1v) is 20.7. The average Bonchev–Trinajstić information content (AvgIpc) is 2.96. The minimum Gasteiger partial charge on any atom is -0.155 e. The molecule has 0 aliphatic carbocycles. The van der Waals surface area contributed by atoms with Crippen LogP contribution in [0.1, 0.15) is 234 Å². The Balaban J connectivity index is 4.93. The zero-order chi connectivity index (χ0) is 30.2. The SMILES string of the molecule is CCCCCCCCC(C)CC(CCCCCCCC)SC(CCCCCCCC)CC(C)CCCCCCCC. The third kappa shape index (κ3) is 30.2. The van der Waals surface area contributed by atoms with Gasteiger partial charge in [-0.3, -0.25) is 0 Å². The fraction of sp³-hybridized carbons (Fsp3) is 1.00. The van der Waals surface area contributed by atoms with Crippen LogP contribution in [0.4, 0.5) is 0 Å². The van der Waals surface area contributed by atoms with Crippen LogP contribution in [0.25, 0.3) is 0 Å². The van der Waals surface area contributed by atoms with E-state index in [4.69, 9.17) is 0 Å². The van der Waals surface area contributed by atoms with Crippen molar-refractivity contribution in [2.45, 2.75) is 245 Å². The van der Waals surface area contributed by atoms with Gasteiger partial charge in [0.2, 0.25) is 0 Å². The van der Waals surface area contributed by atoms with E-state index in [2.05, 4.69) is 53.3 Å². The van der Waals surface area contributed by atoms with Crippen molar-refractivity contribution in [1.29, 1.82) is 0 Å². The molecule has 0 bridgehead atoms. The summed E-state index contributed by atoms with van der Waals surface area (Å²) < 4.78 is 0. The highest BCUT2D eigenvalue weighted by Crippen LogP contribution is 2.36. The monoisotopic (exact) mass is 595 g/mol. The summed E-state index contributed by atoms with van der Waals surface area (Å²) in [5.41, 5.74) is 0. The maximum absolute atomic E-state index is 2.59. The summed E-state index contributed by atoms with van der Waals surface area (Å²) in [5, 5.41) is 1.81. The Morgan fingerprint density at radius 2 is 0.561 bits per heavy atom. The molecular weight excluding hydrogens is 513 g/mol. The Hall–Kier alpha value is 0.350. The standard InChI is InChI=1S/C40H82S/c1-7-11-15-19-23-27-31-37(5)35-39(33-29-25-21-17-13-9-3)41-40(34-30-26-22-18-14-10-4)36-38(6)32-28-24-20-16-12-8-2/h37-40H,7-36H2,1-6H3. The first-order chi connectivity index (χ1) is 20.1. The molecule has 41 heavy (non-hydrogen) atoms. The second-order valence-electron chi connectivity index (χ2n) is 14.3. The fourth-order valence-electron chi connectivity index (χ4n) is 6.74. The second-order valence-corrected chi connectivity index (χ2v) is 15.9. The number of thioether (sulfide) groups is 1. The average molecular weight is 595 g/mol. The lowest BCUT2D eigenvalue weighted by Crippen LogP contribution is -2.17. The van der Waals surface area contributed by atoms with E-state index in [1.54, 1.807) is 0 Å². The van der Waals surface area contributed by atoms with E-state index in [0.717, 1.165) is 22.3 Å². The summed E-state index contributed by atoms with van der Waals surface area (Å²) >= 11 is 2.48. The van der Waals surface area contributed by atoms with Crippen LogP contribution in [-0.2, 0) is 0 Å². The van der Waals surface area contributed by atoms with E-state index in [9.17, 15) is 0 Å². The first-order valence-electron chi connectivity index (χ1n) is 19.7. The lowest BCUT2D eigenvalue weighted by atomic mass is 9.95. The highest BCUT2D eigenvalue weighted by atomic mass is 32.2. The molecule has 0 saturated heterocycles. The molecule has 0 spiro atoms. The van der Waals surface area contributed by atoms with Crippen LogP contribution in [0, 0.1) is 11.8 Å². The van der Waals surface area contributed by atoms with Gasteiger partial charge in [0.15, 0.2) is 0 Å². The maximum atomic E-state index is 2.59. The van der Waals surface area contributed by atoms with Gasteiger partial charge in [-0.15, -0.1) is 0 Å². The largest absolute Gasteiger partial charge is 0.155 e. The lowest BCUT2D eigenvalue weighted by Gasteiger charge is -2.28. The summed E-state index contributed by atoms with van der Waals surface area (Å²) in [6.45, 7) is 14.5. The molecule has 4 unspecified atom stereocenters. The molecule has 0 fully saturated rings. The highest BCUT2D eigenvalue weighted by Gasteiger charge is 2.21. The summed E-state index contributed by atoms with van der Waals surface area (Å²) in [6.07, 6.45) is 43.5. The van der Waals surface area contributed by atoms with Crippen LogP contribution < -0.4 is 0 Å². The molecule has 0 rings (SSSR count). The zero-order valence-corrected chi connectivity index (χ0v) is 30.7. The van der Waals surface area contributed by atoms with Gasteiger partial charge in [0, 0.05) is 10.5 Å². The van der Waals surface area contributed by atoms with Crippen molar-refractivity contribution in [3.8, 4) is 0 Å². The van der Waals surface area contributed by atoms with E-state index >= 15 is 0 Å². The van der Waals surface area contributed by atoms with E-state index in [1.807, 2.05) is 0 Å². The van der Waals surface area contributed by atoms with E-state index in [-0.39, 0.29) is 0 Å². The topological polar surface area (TPSA) is 0 Å². The summed E-state index contributed by atoms with van der Waals surface area (Å²) in [5.74, 6) is 1.82. The molecule has 4 atom stereocenters. The Morgan fingerprint density at radius 1 is 0.317 bits per heavy atom. The van der Waals surface area contributed by atoms with Gasteiger partial charge in [-0.05, 0) is 37.5 Å². The van der Waals surface area contributed by atoms with Gasteiger partial charge >= 0.3 is 0 Å². The molecule has 0 aromatic heterocycles. The van der Waals surface area contributed by atoms with Crippen molar-refractivity contribution in [3.63, 3.8) is 0 Å². The molecule has 0 amide bonds. The van der Waals surface area contributed by atoms with Crippen LogP contribution >= 0.6 is 11.8 Å². The van der Waals surface area contributed by atoms with E-state index < -0.39 is 0 Å². The van der Waals surface area contributed by atoms with Gasteiger partial charge in [-0.2, -0.15) is 11.8 Å². The minimum absolute atomic E-state index is 0.905. The third-order valence-corrected chi connectivity index (χ3v) is 11.2. The Bertz CT molecular complexity index is 431. The maximum Gasteiger partial charge on any atom is 0.00523 e. The number of hydrogen-bond acceptors (Lipinski definition) is 1. The van der Waals surface area contributed by atoms with Crippen LogP contribution in [0.2, 0.25) is 0 Å². The van der Waals surface area contributed by atoms with Gasteiger partial charge in [0.05, 0.1) is 0 Å². The van der Waals surface area contributed by atoms with E-state index in [1.165, 1.54) is 193 Å². The van der Waals surface area contributed by atoms with Crippen molar-refractivity contribution >= 4 is 11.8 Å². The third-order valence-electron chi connectivity index (χ3n) is 9.58. The Morgan fingerprint density at radius 3 is 0.854 bits per heavy atom. The van der Waals surface area contributed by atoms with Crippen LogP contribution in [-0.4, -0.2) is 10.5 Å². The predicted octanol–water partition coefficient (Wildman–Crippen LogP) is 15.5. The number of hydrogen-bond donors (Lipinski definition) is 0. The molecule has 0 N–H and O–H groups in total. The molecule has 0 heterocycles. The zero-order valence-electron chi connectivity index (χ0n) is 29.9. The van der Waals surface area contributed by atoms with Crippen molar-refractivity contribution in [3.05, 3.63) is 0 Å². The molecule has 0 aromatic rings. The smallest absolute Gasteiger partial charge is 0.00523 e. The number of rotatable bonds is 34. The summed E-state index contributed by atoms with van der Waals surface area (Å²) in [6, 6.07) is 0. The van der Waals surface area contributed by atoms with Crippen molar-refractivity contribution < 1.29 is 0 Å². The molecule has 0 saturated carbocycles. The normalized spacial score (nSPS) is 14.8. The molecule has 0 aliphatic rings. The van der Waals surface area contributed by atoms with Crippen molar-refractivity contribution in [1.82, 2.24) is 0 Å². The molecule has 0 nitrogen and oxygen atoms in total. The molecule has 0 aliphatic heterocycles. The fourth-order valence-corrected chi connectivity index (χ4v) is 8.77. The molecule has 248 valence electrons. The lowest BCUT2D eigenvalue weighted by molar-refractivity contribution is 0.426. The van der Waals surface area contributed by atoms with Crippen molar-refractivity contribution in [2.24, 2.45) is 11.8 Å². The second kappa shape index (κ2) is 33.2. The van der Waals surface area contributed by atoms with Gasteiger partial charge in [0.25, 0.3) is 0 Å². The first kappa shape index (κ1) is 41.4. The Kier molecular flexibility index (Phi) is 33.5. The molecule has 0 radical (unpaired) electrons. The van der Waals surface area contributed by atoms with Crippen molar-refractivity contribution in [2.75, 3.05) is 0 Å². The molecule has 1 heteroatoms. The Labute approximate surface area is 267 Å². The number of unbranched alkanes of at least 4 members (excludes halogenated alkanes) is 20. The van der Waals surface area contributed by atoms with Crippen LogP contribution in [0.3, 0.4) is 0 Å². The minimum atomic E-state index is 0.905. The van der Waals surface area contributed by atoms with Crippen LogP contribution in [0.15, 0.2) is 0 Å². The van der Waals surface area contributed by atoms with Gasteiger partial charge < -0.3 is 0 Å². The quantitative estimate of drug-likeness (QED) is 0.0668. The predicted molar refractivity (Wildman–Crippen MR) is 195 cm³/mol. The summed E-state index contributed by atoms with van der Waals surface area (Å²) in [7, 11) is 0. The molecular formula is C40H82S. The highest BCUT2D eigenvalue weighted by molar-refractivity contribution is 8.00. The van der Waals surface area contributed by atoms with E-state index in [0.29, 0.717) is 0 Å². The molecule has 0 aromatic carbocycles. The van der Waals surface area contributed by atoms with Crippen LogP contribution in [0.5, 0.6) is 0 Å². The van der Waals surface area contributed by atoms with Gasteiger partial charge in [-0.1, -0.05) is 208 Å².